The maximum absolute atomic E-state index is 13.1. The highest BCUT2D eigenvalue weighted by Gasteiger charge is 2.25. The zero-order valence-electron chi connectivity index (χ0n) is 17.1. The number of nitrogens with one attached hydrogen (secondary N) is 1. The molecule has 0 saturated carbocycles. The van der Waals surface area contributed by atoms with Gasteiger partial charge in [-0.25, -0.2) is 4.98 Å². The third-order valence-electron chi connectivity index (χ3n) is 5.65. The van der Waals surface area contributed by atoms with Gasteiger partial charge < -0.3 is 19.4 Å². The number of amides is 2. The van der Waals surface area contributed by atoms with Crippen molar-refractivity contribution in [3.63, 3.8) is 0 Å². The summed E-state index contributed by atoms with van der Waals surface area (Å²) in [6.45, 7) is 5.99. The first-order valence-corrected chi connectivity index (χ1v) is 10.6. The van der Waals surface area contributed by atoms with E-state index in [-0.39, 0.29) is 17.5 Å². The summed E-state index contributed by atoms with van der Waals surface area (Å²) in [7, 11) is 0. The Kier molecular flexibility index (Phi) is 6.76. The number of carbonyl (C=O) groups excluding carboxylic acids is 2. The van der Waals surface area contributed by atoms with Crippen LogP contribution in [0.1, 0.15) is 40.1 Å². The first kappa shape index (κ1) is 20.6. The van der Waals surface area contributed by atoms with Gasteiger partial charge in [0.2, 0.25) is 0 Å². The maximum atomic E-state index is 13.1. The number of hydrogen-bond acceptors (Lipinski definition) is 6. The van der Waals surface area contributed by atoms with Crippen LogP contribution in [0.25, 0.3) is 11.3 Å². The molecule has 2 fully saturated rings. The molecule has 2 amide bonds. The Morgan fingerprint density at radius 3 is 2.60 bits per heavy atom. The van der Waals surface area contributed by atoms with Crippen molar-refractivity contribution in [3.8, 4) is 11.3 Å². The number of hydrogen-bond donors (Lipinski definition) is 1. The highest BCUT2D eigenvalue weighted by molar-refractivity contribution is 6.04. The molecule has 0 aliphatic carbocycles. The molecule has 1 aromatic carbocycles. The summed E-state index contributed by atoms with van der Waals surface area (Å²) >= 11 is 0. The molecular weight excluding hydrogens is 384 g/mol. The van der Waals surface area contributed by atoms with Crippen molar-refractivity contribution >= 4 is 11.8 Å². The molecule has 8 heteroatoms. The van der Waals surface area contributed by atoms with Gasteiger partial charge in [-0.2, -0.15) is 0 Å². The number of likely N-dealkylation sites (tertiary alicyclic amines) is 1. The number of benzene rings is 1. The second-order valence-electron chi connectivity index (χ2n) is 7.64. The zero-order valence-corrected chi connectivity index (χ0v) is 17.1. The molecule has 0 atom stereocenters. The lowest BCUT2D eigenvalue weighted by molar-refractivity contribution is 0.0383. The van der Waals surface area contributed by atoms with Crippen molar-refractivity contribution in [1.82, 2.24) is 20.1 Å². The molecule has 8 nitrogen and oxygen atoms in total. The summed E-state index contributed by atoms with van der Waals surface area (Å²) < 4.78 is 10.9. The molecule has 0 spiro atoms. The number of rotatable bonds is 6. The fourth-order valence-corrected chi connectivity index (χ4v) is 3.97. The molecule has 4 rings (SSSR count). The van der Waals surface area contributed by atoms with Gasteiger partial charge in [0, 0.05) is 44.8 Å². The van der Waals surface area contributed by atoms with Gasteiger partial charge in [-0.3, -0.25) is 14.5 Å². The van der Waals surface area contributed by atoms with Gasteiger partial charge in [0.15, 0.2) is 17.8 Å². The minimum Gasteiger partial charge on any atom is -0.443 e. The Balaban J connectivity index is 1.47. The normalized spacial score (nSPS) is 17.7. The standard InChI is InChI=1S/C22H28N4O4/c27-21(23-8-11-25-12-14-29-15-13-25)19-20(30-16-24-19)17-6-2-3-7-18(17)22(28)26-9-4-1-5-10-26/h2-3,6-7,16H,1,4-5,8-15H2,(H,23,27). The minimum atomic E-state index is -0.299. The number of carbonyl (C=O) groups is 2. The number of piperidine rings is 1. The summed E-state index contributed by atoms with van der Waals surface area (Å²) in [5, 5.41) is 2.92. The summed E-state index contributed by atoms with van der Waals surface area (Å²) in [5.74, 6) is 0.00689. The quantitative estimate of drug-likeness (QED) is 0.781. The molecule has 30 heavy (non-hydrogen) atoms. The third-order valence-corrected chi connectivity index (χ3v) is 5.65. The number of oxazole rings is 1. The van der Waals surface area contributed by atoms with Crippen LogP contribution >= 0.6 is 0 Å². The predicted octanol–water partition coefficient (Wildman–Crippen LogP) is 2.03. The molecule has 0 bridgehead atoms. The lowest BCUT2D eigenvalue weighted by atomic mass is 10.0. The number of nitrogens with zero attached hydrogens (tertiary/aromatic N) is 3. The van der Waals surface area contributed by atoms with E-state index in [0.717, 1.165) is 65.2 Å². The summed E-state index contributed by atoms with van der Waals surface area (Å²) in [4.78, 5) is 34.1. The molecular formula is C22H28N4O4. The van der Waals surface area contributed by atoms with Crippen LogP contribution < -0.4 is 5.32 Å². The Bertz CT molecular complexity index is 870. The van der Waals surface area contributed by atoms with Crippen LogP contribution in [0.2, 0.25) is 0 Å². The number of ether oxygens (including phenoxy) is 1. The van der Waals surface area contributed by atoms with Crippen LogP contribution in [-0.2, 0) is 4.74 Å². The zero-order chi connectivity index (χ0) is 20.8. The van der Waals surface area contributed by atoms with E-state index in [4.69, 9.17) is 9.15 Å². The topological polar surface area (TPSA) is 87.9 Å². The SMILES string of the molecule is O=C(NCCN1CCOCC1)c1ncoc1-c1ccccc1C(=O)N1CCCCC1. The molecule has 2 aliphatic rings. The average Bonchev–Trinajstić information content (AvgIpc) is 3.30. The van der Waals surface area contributed by atoms with Crippen LogP contribution in [0.3, 0.4) is 0 Å². The van der Waals surface area contributed by atoms with Gasteiger partial charge in [0.1, 0.15) is 0 Å². The van der Waals surface area contributed by atoms with Crippen molar-refractivity contribution in [2.45, 2.75) is 19.3 Å². The first-order chi connectivity index (χ1) is 14.7. The molecule has 2 saturated heterocycles. The van der Waals surface area contributed by atoms with Crippen LogP contribution in [0, 0.1) is 0 Å². The van der Waals surface area contributed by atoms with E-state index in [2.05, 4.69) is 15.2 Å². The summed E-state index contributed by atoms with van der Waals surface area (Å²) in [5.41, 5.74) is 1.35. The smallest absolute Gasteiger partial charge is 0.273 e. The molecule has 0 radical (unpaired) electrons. The predicted molar refractivity (Wildman–Crippen MR) is 111 cm³/mol. The van der Waals surface area contributed by atoms with Crippen LogP contribution in [-0.4, -0.2) is 79.1 Å². The van der Waals surface area contributed by atoms with E-state index in [1.807, 2.05) is 23.1 Å². The largest absolute Gasteiger partial charge is 0.443 e. The second kappa shape index (κ2) is 9.86. The summed E-state index contributed by atoms with van der Waals surface area (Å²) in [6, 6.07) is 7.27. The monoisotopic (exact) mass is 412 g/mol. The number of morpholine rings is 1. The Morgan fingerprint density at radius 1 is 1.03 bits per heavy atom. The van der Waals surface area contributed by atoms with E-state index in [1.54, 1.807) is 6.07 Å². The van der Waals surface area contributed by atoms with Crippen molar-refractivity contribution in [3.05, 3.63) is 41.9 Å². The van der Waals surface area contributed by atoms with Crippen LogP contribution in [0.4, 0.5) is 0 Å². The van der Waals surface area contributed by atoms with E-state index >= 15 is 0 Å². The van der Waals surface area contributed by atoms with Crippen molar-refractivity contribution in [2.24, 2.45) is 0 Å². The maximum Gasteiger partial charge on any atom is 0.273 e. The number of aromatic nitrogens is 1. The molecule has 1 N–H and O–H groups in total. The Labute approximate surface area is 176 Å². The van der Waals surface area contributed by atoms with Gasteiger partial charge in [0.25, 0.3) is 11.8 Å². The lowest BCUT2D eigenvalue weighted by Gasteiger charge is -2.27. The minimum absolute atomic E-state index is 0.0274. The van der Waals surface area contributed by atoms with Gasteiger partial charge in [-0.05, 0) is 25.3 Å². The van der Waals surface area contributed by atoms with Gasteiger partial charge >= 0.3 is 0 Å². The van der Waals surface area contributed by atoms with E-state index in [9.17, 15) is 9.59 Å². The molecule has 2 aromatic rings. The van der Waals surface area contributed by atoms with Crippen molar-refractivity contribution in [2.75, 3.05) is 52.5 Å². The Morgan fingerprint density at radius 2 is 1.80 bits per heavy atom. The average molecular weight is 412 g/mol. The molecule has 2 aliphatic heterocycles. The van der Waals surface area contributed by atoms with E-state index in [1.165, 1.54) is 6.39 Å². The highest BCUT2D eigenvalue weighted by atomic mass is 16.5. The van der Waals surface area contributed by atoms with Crippen molar-refractivity contribution < 1.29 is 18.7 Å². The van der Waals surface area contributed by atoms with Gasteiger partial charge in [-0.1, -0.05) is 18.2 Å². The van der Waals surface area contributed by atoms with E-state index < -0.39 is 0 Å². The first-order valence-electron chi connectivity index (χ1n) is 10.6. The van der Waals surface area contributed by atoms with Gasteiger partial charge in [-0.15, -0.1) is 0 Å². The Hall–Kier alpha value is -2.71. The molecule has 1 aromatic heterocycles. The van der Waals surface area contributed by atoms with Crippen LogP contribution in [0.5, 0.6) is 0 Å². The third kappa shape index (κ3) is 4.71. The van der Waals surface area contributed by atoms with Gasteiger partial charge in [0.05, 0.1) is 18.8 Å². The molecule has 0 unspecified atom stereocenters. The fraction of sp³-hybridized carbons (Fsp3) is 0.500. The van der Waals surface area contributed by atoms with E-state index in [0.29, 0.717) is 23.4 Å². The molecule has 160 valence electrons. The summed E-state index contributed by atoms with van der Waals surface area (Å²) in [6.07, 6.45) is 4.46. The lowest BCUT2D eigenvalue weighted by Crippen LogP contribution is -2.41. The van der Waals surface area contributed by atoms with Crippen LogP contribution in [0.15, 0.2) is 35.1 Å². The highest BCUT2D eigenvalue weighted by Crippen LogP contribution is 2.28. The fourth-order valence-electron chi connectivity index (χ4n) is 3.97. The molecule has 3 heterocycles. The second-order valence-corrected chi connectivity index (χ2v) is 7.64. The van der Waals surface area contributed by atoms with Crippen molar-refractivity contribution in [1.29, 1.82) is 0 Å².